The molecule has 0 aliphatic carbocycles. The van der Waals surface area contributed by atoms with Crippen LogP contribution in [0.15, 0.2) is 24.3 Å². The van der Waals surface area contributed by atoms with E-state index in [9.17, 15) is 18.8 Å². The quantitative estimate of drug-likeness (QED) is 0.689. The second-order valence-corrected chi connectivity index (χ2v) is 6.25. The number of nitrogens with one attached hydrogen (secondary N) is 1. The van der Waals surface area contributed by atoms with Crippen molar-refractivity contribution in [2.75, 3.05) is 20.2 Å². The van der Waals surface area contributed by atoms with Crippen molar-refractivity contribution in [2.45, 2.75) is 33.2 Å². The molecule has 0 aliphatic rings. The molecule has 0 saturated carbocycles. The van der Waals surface area contributed by atoms with Gasteiger partial charge < -0.3 is 15.0 Å². The lowest BCUT2D eigenvalue weighted by atomic mass is 10.1. The van der Waals surface area contributed by atoms with Crippen LogP contribution in [0.3, 0.4) is 0 Å². The van der Waals surface area contributed by atoms with Crippen LogP contribution in [0.1, 0.15) is 32.3 Å². The maximum Gasteiger partial charge on any atom is 0.325 e. The van der Waals surface area contributed by atoms with Gasteiger partial charge in [-0.1, -0.05) is 26.0 Å². The Morgan fingerprint density at radius 1 is 1.20 bits per heavy atom. The Bertz CT molecular complexity index is 587. The van der Waals surface area contributed by atoms with Crippen molar-refractivity contribution < 1.29 is 23.5 Å². The Hall–Kier alpha value is -2.44. The molecule has 7 heteroatoms. The first-order valence-electron chi connectivity index (χ1n) is 8.18. The third-order valence-corrected chi connectivity index (χ3v) is 3.49. The average Bonchev–Trinajstić information content (AvgIpc) is 2.57. The number of hydrogen-bond donors (Lipinski definition) is 1. The summed E-state index contributed by atoms with van der Waals surface area (Å²) in [4.78, 5) is 36.4. The van der Waals surface area contributed by atoms with Crippen LogP contribution in [0, 0.1) is 11.7 Å². The largest absolute Gasteiger partial charge is 0.454 e. The zero-order valence-electron chi connectivity index (χ0n) is 14.9. The van der Waals surface area contributed by atoms with Gasteiger partial charge in [0.2, 0.25) is 5.91 Å². The molecule has 1 aromatic carbocycles. The highest BCUT2D eigenvalue weighted by atomic mass is 19.1. The van der Waals surface area contributed by atoms with Gasteiger partial charge in [-0.2, -0.15) is 0 Å². The summed E-state index contributed by atoms with van der Waals surface area (Å²) >= 11 is 0. The number of hydrogen-bond acceptors (Lipinski definition) is 4. The smallest absolute Gasteiger partial charge is 0.325 e. The molecule has 0 spiro atoms. The number of amides is 2. The van der Waals surface area contributed by atoms with E-state index >= 15 is 0 Å². The fourth-order valence-electron chi connectivity index (χ4n) is 1.93. The van der Waals surface area contributed by atoms with E-state index in [0.717, 1.165) is 12.0 Å². The van der Waals surface area contributed by atoms with E-state index in [1.807, 2.05) is 13.8 Å². The highest BCUT2D eigenvalue weighted by Gasteiger charge is 2.13. The van der Waals surface area contributed by atoms with Gasteiger partial charge in [0.25, 0.3) is 5.91 Å². The number of benzene rings is 1. The summed E-state index contributed by atoms with van der Waals surface area (Å²) in [6, 6.07) is 5.79. The normalized spacial score (nSPS) is 10.4. The van der Waals surface area contributed by atoms with Crippen LogP contribution in [0.4, 0.5) is 4.39 Å². The summed E-state index contributed by atoms with van der Waals surface area (Å²) in [5.41, 5.74) is 0.765. The van der Waals surface area contributed by atoms with Crippen molar-refractivity contribution in [1.82, 2.24) is 10.2 Å². The van der Waals surface area contributed by atoms with Crippen LogP contribution in [0.5, 0.6) is 0 Å². The molecule has 0 saturated heterocycles. The Morgan fingerprint density at radius 3 is 2.44 bits per heavy atom. The minimum atomic E-state index is -0.665. The zero-order valence-corrected chi connectivity index (χ0v) is 14.9. The van der Waals surface area contributed by atoms with Gasteiger partial charge in [-0.05, 0) is 30.0 Å². The minimum Gasteiger partial charge on any atom is -0.454 e. The molecule has 1 N–H and O–H groups in total. The summed E-state index contributed by atoms with van der Waals surface area (Å²) in [5.74, 6) is -1.20. The van der Waals surface area contributed by atoms with E-state index in [0.29, 0.717) is 12.3 Å². The number of nitrogens with zero attached hydrogens (tertiary/aromatic N) is 1. The topological polar surface area (TPSA) is 75.7 Å². The molecule has 0 aromatic heterocycles. The fourth-order valence-corrected chi connectivity index (χ4v) is 1.93. The van der Waals surface area contributed by atoms with Crippen LogP contribution >= 0.6 is 0 Å². The number of ether oxygens (including phenoxy) is 1. The highest BCUT2D eigenvalue weighted by molar-refractivity contribution is 5.84. The second-order valence-electron chi connectivity index (χ2n) is 6.25. The lowest BCUT2D eigenvalue weighted by Crippen LogP contribution is -2.34. The third kappa shape index (κ3) is 8.83. The monoisotopic (exact) mass is 352 g/mol. The lowest BCUT2D eigenvalue weighted by molar-refractivity contribution is -0.151. The van der Waals surface area contributed by atoms with E-state index in [-0.39, 0.29) is 30.7 Å². The average molecular weight is 352 g/mol. The van der Waals surface area contributed by atoms with Crippen LogP contribution in [0.25, 0.3) is 0 Å². The Kier molecular flexibility index (Phi) is 8.60. The highest BCUT2D eigenvalue weighted by Crippen LogP contribution is 2.06. The van der Waals surface area contributed by atoms with Gasteiger partial charge in [0.1, 0.15) is 12.4 Å². The predicted octanol–water partition coefficient (Wildman–Crippen LogP) is 1.88. The van der Waals surface area contributed by atoms with Gasteiger partial charge in [-0.15, -0.1) is 0 Å². The van der Waals surface area contributed by atoms with Crippen LogP contribution in [-0.2, 0) is 25.7 Å². The van der Waals surface area contributed by atoms with Crippen molar-refractivity contribution in [2.24, 2.45) is 5.92 Å². The van der Waals surface area contributed by atoms with Gasteiger partial charge in [-0.3, -0.25) is 14.4 Å². The maximum absolute atomic E-state index is 12.8. The second kappa shape index (κ2) is 10.4. The first kappa shape index (κ1) is 20.6. The molecule has 0 heterocycles. The molecule has 1 aromatic rings. The molecular weight excluding hydrogens is 327 g/mol. The van der Waals surface area contributed by atoms with Crippen LogP contribution in [0.2, 0.25) is 0 Å². The van der Waals surface area contributed by atoms with E-state index in [2.05, 4.69) is 5.32 Å². The van der Waals surface area contributed by atoms with Gasteiger partial charge in [0, 0.05) is 20.0 Å². The predicted molar refractivity (Wildman–Crippen MR) is 90.9 cm³/mol. The van der Waals surface area contributed by atoms with Gasteiger partial charge >= 0.3 is 5.97 Å². The summed E-state index contributed by atoms with van der Waals surface area (Å²) < 4.78 is 17.7. The molecule has 25 heavy (non-hydrogen) atoms. The molecule has 1 rings (SSSR count). The molecule has 0 unspecified atom stereocenters. The Balaban J connectivity index is 2.26. The summed E-state index contributed by atoms with van der Waals surface area (Å²) in [6.45, 7) is 3.64. The first-order valence-corrected chi connectivity index (χ1v) is 8.18. The number of carbonyl (C=O) groups is 3. The van der Waals surface area contributed by atoms with Crippen molar-refractivity contribution in [3.8, 4) is 0 Å². The molecule has 0 bridgehead atoms. The van der Waals surface area contributed by atoms with E-state index in [4.69, 9.17) is 4.74 Å². The lowest BCUT2D eigenvalue weighted by Gasteiger charge is -2.17. The summed E-state index contributed by atoms with van der Waals surface area (Å²) in [7, 11) is 1.56. The molecule has 0 fully saturated rings. The molecule has 2 amide bonds. The van der Waals surface area contributed by atoms with Gasteiger partial charge in [-0.25, -0.2) is 4.39 Å². The number of carbonyl (C=O) groups excluding carboxylic acids is 3. The molecule has 0 aliphatic heterocycles. The van der Waals surface area contributed by atoms with E-state index in [1.165, 1.54) is 17.0 Å². The third-order valence-electron chi connectivity index (χ3n) is 3.49. The molecular formula is C18H25FN2O4. The minimum absolute atomic E-state index is 0.217. The molecule has 0 atom stereocenters. The standard InChI is InChI=1S/C18H25FN2O4/c1-13(2)4-9-16(22)20-10-18(24)25-12-17(23)21(3)11-14-5-7-15(19)8-6-14/h5-8,13H,4,9-12H2,1-3H3,(H,20,22). The van der Waals surface area contributed by atoms with E-state index < -0.39 is 12.6 Å². The molecule has 6 nitrogen and oxygen atoms in total. The number of halogens is 1. The van der Waals surface area contributed by atoms with Gasteiger partial charge in [0.15, 0.2) is 6.61 Å². The number of rotatable bonds is 9. The molecule has 0 radical (unpaired) electrons. The fraction of sp³-hybridized carbons (Fsp3) is 0.500. The number of esters is 1. The number of likely N-dealkylation sites (N-methyl/N-ethyl adjacent to an activating group) is 1. The van der Waals surface area contributed by atoms with Gasteiger partial charge in [0.05, 0.1) is 0 Å². The van der Waals surface area contributed by atoms with Crippen molar-refractivity contribution >= 4 is 17.8 Å². The SMILES string of the molecule is CC(C)CCC(=O)NCC(=O)OCC(=O)N(C)Cc1ccc(F)cc1. The Morgan fingerprint density at radius 2 is 1.84 bits per heavy atom. The zero-order chi connectivity index (χ0) is 18.8. The maximum atomic E-state index is 12.8. The van der Waals surface area contributed by atoms with Crippen molar-refractivity contribution in [1.29, 1.82) is 0 Å². The van der Waals surface area contributed by atoms with Crippen LogP contribution in [-0.4, -0.2) is 42.9 Å². The van der Waals surface area contributed by atoms with Crippen molar-refractivity contribution in [3.05, 3.63) is 35.6 Å². The van der Waals surface area contributed by atoms with Crippen LogP contribution < -0.4 is 5.32 Å². The first-order chi connectivity index (χ1) is 11.8. The van der Waals surface area contributed by atoms with Crippen molar-refractivity contribution in [3.63, 3.8) is 0 Å². The molecule has 138 valence electrons. The Labute approximate surface area is 147 Å². The van der Waals surface area contributed by atoms with E-state index in [1.54, 1.807) is 19.2 Å². The summed E-state index contributed by atoms with van der Waals surface area (Å²) in [5, 5.41) is 2.46. The summed E-state index contributed by atoms with van der Waals surface area (Å²) in [6.07, 6.45) is 1.10.